The van der Waals surface area contributed by atoms with Crippen molar-refractivity contribution in [3.63, 3.8) is 0 Å². The molecule has 2 rings (SSSR count). The molecule has 5 heteroatoms. The van der Waals surface area contributed by atoms with E-state index < -0.39 is 0 Å². The van der Waals surface area contributed by atoms with Gasteiger partial charge in [0.05, 0.1) is 24.5 Å². The van der Waals surface area contributed by atoms with Crippen molar-refractivity contribution in [1.29, 1.82) is 0 Å². The molecule has 3 N–H and O–H groups in total. The number of anilines is 2. The molecule has 0 aromatic carbocycles. The highest BCUT2D eigenvalue weighted by atomic mass is 16.5. The number of rotatable bonds is 2. The standard InChI is InChI=1S/C9H14N4O/c1-9(2-3-14-6-9)13-8-5-11-7(10)4-12-8/h4-5H,2-3,6H2,1H3,(H2,10,11)(H,12,13). The molecule has 0 saturated carbocycles. The Balaban J connectivity index is 2.06. The molecule has 1 aliphatic heterocycles. The van der Waals surface area contributed by atoms with E-state index in [1.54, 1.807) is 12.4 Å². The van der Waals surface area contributed by atoms with E-state index in [0.717, 1.165) is 18.8 Å². The second-order valence-electron chi connectivity index (χ2n) is 3.81. The Labute approximate surface area is 82.7 Å². The molecule has 0 amide bonds. The maximum Gasteiger partial charge on any atom is 0.145 e. The van der Waals surface area contributed by atoms with Crippen molar-refractivity contribution in [3.8, 4) is 0 Å². The lowest BCUT2D eigenvalue weighted by Crippen LogP contribution is -2.35. The number of nitrogens with two attached hydrogens (primary N) is 1. The molecule has 1 aromatic rings. The Morgan fingerprint density at radius 1 is 1.50 bits per heavy atom. The summed E-state index contributed by atoms with van der Waals surface area (Å²) in [5.74, 6) is 1.18. The highest BCUT2D eigenvalue weighted by Crippen LogP contribution is 2.22. The van der Waals surface area contributed by atoms with Crippen LogP contribution in [0.2, 0.25) is 0 Å². The number of ether oxygens (including phenoxy) is 1. The van der Waals surface area contributed by atoms with E-state index in [1.807, 2.05) is 0 Å². The summed E-state index contributed by atoms with van der Waals surface area (Å²) in [6.07, 6.45) is 4.17. The second kappa shape index (κ2) is 3.42. The molecular weight excluding hydrogens is 180 g/mol. The molecule has 0 radical (unpaired) electrons. The number of nitrogen functional groups attached to an aromatic ring is 1. The summed E-state index contributed by atoms with van der Waals surface area (Å²) in [7, 11) is 0. The van der Waals surface area contributed by atoms with E-state index >= 15 is 0 Å². The molecule has 1 aromatic heterocycles. The van der Waals surface area contributed by atoms with Gasteiger partial charge in [-0.3, -0.25) is 0 Å². The third-order valence-corrected chi connectivity index (χ3v) is 2.32. The quantitative estimate of drug-likeness (QED) is 0.723. The molecule has 2 heterocycles. The number of nitrogens with zero attached hydrogens (tertiary/aromatic N) is 2. The van der Waals surface area contributed by atoms with Crippen molar-refractivity contribution in [2.45, 2.75) is 18.9 Å². The van der Waals surface area contributed by atoms with E-state index in [4.69, 9.17) is 10.5 Å². The van der Waals surface area contributed by atoms with Crippen LogP contribution in [-0.2, 0) is 4.74 Å². The van der Waals surface area contributed by atoms with Gasteiger partial charge in [-0.05, 0) is 13.3 Å². The Bertz CT molecular complexity index is 305. The first kappa shape index (κ1) is 9.21. The van der Waals surface area contributed by atoms with Crippen LogP contribution in [0.1, 0.15) is 13.3 Å². The molecule has 1 aliphatic rings. The van der Waals surface area contributed by atoms with Crippen LogP contribution in [0.3, 0.4) is 0 Å². The van der Waals surface area contributed by atoms with Crippen LogP contribution in [0.25, 0.3) is 0 Å². The fourth-order valence-corrected chi connectivity index (χ4v) is 1.48. The fourth-order valence-electron chi connectivity index (χ4n) is 1.48. The van der Waals surface area contributed by atoms with Crippen LogP contribution in [0.15, 0.2) is 12.4 Å². The Kier molecular flexibility index (Phi) is 2.25. The zero-order chi connectivity index (χ0) is 10.0. The Morgan fingerprint density at radius 3 is 2.93 bits per heavy atom. The predicted molar refractivity (Wildman–Crippen MR) is 53.9 cm³/mol. The zero-order valence-corrected chi connectivity index (χ0v) is 8.16. The van der Waals surface area contributed by atoms with Gasteiger partial charge < -0.3 is 15.8 Å². The van der Waals surface area contributed by atoms with Crippen molar-refractivity contribution in [2.75, 3.05) is 24.3 Å². The lowest BCUT2D eigenvalue weighted by molar-refractivity contribution is 0.185. The second-order valence-corrected chi connectivity index (χ2v) is 3.81. The van der Waals surface area contributed by atoms with Crippen LogP contribution in [-0.4, -0.2) is 28.7 Å². The van der Waals surface area contributed by atoms with Crippen LogP contribution < -0.4 is 11.1 Å². The lowest BCUT2D eigenvalue weighted by atomic mass is 10.0. The number of aromatic nitrogens is 2. The molecular formula is C9H14N4O. The molecule has 14 heavy (non-hydrogen) atoms. The van der Waals surface area contributed by atoms with Gasteiger partial charge in [-0.2, -0.15) is 0 Å². The molecule has 1 fully saturated rings. The van der Waals surface area contributed by atoms with E-state index in [2.05, 4.69) is 22.2 Å². The molecule has 0 spiro atoms. The smallest absolute Gasteiger partial charge is 0.145 e. The maximum atomic E-state index is 5.44. The topological polar surface area (TPSA) is 73.1 Å². The van der Waals surface area contributed by atoms with Crippen molar-refractivity contribution >= 4 is 11.6 Å². The molecule has 1 unspecified atom stereocenters. The van der Waals surface area contributed by atoms with Gasteiger partial charge in [0.25, 0.3) is 0 Å². The van der Waals surface area contributed by atoms with Crippen molar-refractivity contribution in [3.05, 3.63) is 12.4 Å². The van der Waals surface area contributed by atoms with Gasteiger partial charge in [-0.25, -0.2) is 9.97 Å². The van der Waals surface area contributed by atoms with Gasteiger partial charge in [0.15, 0.2) is 0 Å². The molecule has 0 bridgehead atoms. The van der Waals surface area contributed by atoms with Crippen LogP contribution in [0.4, 0.5) is 11.6 Å². The first-order chi connectivity index (χ1) is 6.68. The zero-order valence-electron chi connectivity index (χ0n) is 8.16. The van der Waals surface area contributed by atoms with Gasteiger partial charge >= 0.3 is 0 Å². The Hall–Kier alpha value is -1.36. The van der Waals surface area contributed by atoms with Crippen molar-refractivity contribution in [2.24, 2.45) is 0 Å². The first-order valence-corrected chi connectivity index (χ1v) is 4.61. The summed E-state index contributed by atoms with van der Waals surface area (Å²) in [5.41, 5.74) is 5.42. The summed E-state index contributed by atoms with van der Waals surface area (Å²) in [6, 6.07) is 0. The molecule has 5 nitrogen and oxygen atoms in total. The average molecular weight is 194 g/mol. The summed E-state index contributed by atoms with van der Waals surface area (Å²) in [4.78, 5) is 8.10. The summed E-state index contributed by atoms with van der Waals surface area (Å²) < 4.78 is 5.32. The molecule has 1 atom stereocenters. The van der Waals surface area contributed by atoms with Gasteiger partial charge in [0, 0.05) is 6.61 Å². The van der Waals surface area contributed by atoms with E-state index in [-0.39, 0.29) is 5.54 Å². The van der Waals surface area contributed by atoms with Gasteiger partial charge in [-0.15, -0.1) is 0 Å². The van der Waals surface area contributed by atoms with E-state index in [9.17, 15) is 0 Å². The average Bonchev–Trinajstić information content (AvgIpc) is 2.57. The maximum absolute atomic E-state index is 5.44. The fraction of sp³-hybridized carbons (Fsp3) is 0.556. The monoisotopic (exact) mass is 194 g/mol. The van der Waals surface area contributed by atoms with Gasteiger partial charge in [0.2, 0.25) is 0 Å². The summed E-state index contributed by atoms with van der Waals surface area (Å²) in [6.45, 7) is 3.61. The summed E-state index contributed by atoms with van der Waals surface area (Å²) >= 11 is 0. The number of hydrogen-bond donors (Lipinski definition) is 2. The minimum atomic E-state index is -0.0230. The van der Waals surface area contributed by atoms with Gasteiger partial charge in [-0.1, -0.05) is 0 Å². The third-order valence-electron chi connectivity index (χ3n) is 2.32. The summed E-state index contributed by atoms with van der Waals surface area (Å²) in [5, 5.41) is 3.29. The third kappa shape index (κ3) is 1.93. The van der Waals surface area contributed by atoms with E-state index in [0.29, 0.717) is 12.4 Å². The van der Waals surface area contributed by atoms with Crippen LogP contribution in [0.5, 0.6) is 0 Å². The minimum absolute atomic E-state index is 0.0230. The highest BCUT2D eigenvalue weighted by Gasteiger charge is 2.29. The Morgan fingerprint density at radius 2 is 2.36 bits per heavy atom. The van der Waals surface area contributed by atoms with E-state index in [1.165, 1.54) is 0 Å². The lowest BCUT2D eigenvalue weighted by Gasteiger charge is -2.23. The highest BCUT2D eigenvalue weighted by molar-refractivity contribution is 5.38. The largest absolute Gasteiger partial charge is 0.382 e. The van der Waals surface area contributed by atoms with Crippen LogP contribution in [0, 0.1) is 0 Å². The number of nitrogens with one attached hydrogen (secondary N) is 1. The van der Waals surface area contributed by atoms with Crippen molar-refractivity contribution in [1.82, 2.24) is 9.97 Å². The molecule has 76 valence electrons. The first-order valence-electron chi connectivity index (χ1n) is 4.61. The molecule has 1 saturated heterocycles. The predicted octanol–water partition coefficient (Wildman–Crippen LogP) is 0.650. The minimum Gasteiger partial charge on any atom is -0.382 e. The molecule has 0 aliphatic carbocycles. The van der Waals surface area contributed by atoms with Gasteiger partial charge in [0.1, 0.15) is 11.6 Å². The normalized spacial score (nSPS) is 26.4. The van der Waals surface area contributed by atoms with Crippen molar-refractivity contribution < 1.29 is 4.74 Å². The number of hydrogen-bond acceptors (Lipinski definition) is 5. The van der Waals surface area contributed by atoms with Crippen LogP contribution >= 0.6 is 0 Å². The SMILES string of the molecule is CC1(Nc2cnc(N)cn2)CCOC1.